The third kappa shape index (κ3) is 4.81. The van der Waals surface area contributed by atoms with E-state index < -0.39 is 5.54 Å². The molecule has 0 heterocycles. The predicted octanol–water partition coefficient (Wildman–Crippen LogP) is 2.98. The van der Waals surface area contributed by atoms with E-state index in [0.29, 0.717) is 6.61 Å². The molecule has 0 aromatic heterocycles. The number of carbonyl (C=O) groups is 1. The van der Waals surface area contributed by atoms with Gasteiger partial charge in [0.2, 0.25) is 0 Å². The topological polar surface area (TPSA) is 38.3 Å². The number of esters is 1. The van der Waals surface area contributed by atoms with E-state index in [0.717, 1.165) is 24.0 Å². The molecule has 1 aliphatic rings. The number of rotatable bonds is 8. The molecule has 1 unspecified atom stereocenters. The molecule has 1 aliphatic carbocycles. The molecule has 0 aromatic rings. The zero-order chi connectivity index (χ0) is 13.4. The first-order chi connectivity index (χ1) is 8.62. The van der Waals surface area contributed by atoms with Crippen molar-refractivity contribution in [3.05, 3.63) is 0 Å². The molecule has 1 fully saturated rings. The quantitative estimate of drug-likeness (QED) is 0.690. The van der Waals surface area contributed by atoms with Crippen LogP contribution in [0.15, 0.2) is 0 Å². The number of ether oxygens (including phenoxy) is 1. The van der Waals surface area contributed by atoms with Crippen LogP contribution in [0.5, 0.6) is 0 Å². The fraction of sp³-hybridized carbons (Fsp3) is 0.929. The highest BCUT2D eigenvalue weighted by molar-refractivity contribution is 8.00. The normalized spacial score (nSPS) is 19.7. The second-order valence-corrected chi connectivity index (χ2v) is 6.49. The molecule has 0 aliphatic heterocycles. The summed E-state index contributed by atoms with van der Waals surface area (Å²) in [7, 11) is 0. The van der Waals surface area contributed by atoms with Gasteiger partial charge in [0.25, 0.3) is 0 Å². The molecule has 1 saturated carbocycles. The molecular weight excluding hydrogens is 246 g/mol. The van der Waals surface area contributed by atoms with Crippen molar-refractivity contribution in [1.29, 1.82) is 0 Å². The van der Waals surface area contributed by atoms with Gasteiger partial charge in [-0.2, -0.15) is 11.8 Å². The minimum Gasteiger partial charge on any atom is -0.465 e. The predicted molar refractivity (Wildman–Crippen MR) is 78.0 cm³/mol. The Kier molecular flexibility index (Phi) is 7.08. The molecule has 3 nitrogen and oxygen atoms in total. The Morgan fingerprint density at radius 1 is 1.39 bits per heavy atom. The van der Waals surface area contributed by atoms with E-state index >= 15 is 0 Å². The highest BCUT2D eigenvalue weighted by Crippen LogP contribution is 2.31. The van der Waals surface area contributed by atoms with Crippen molar-refractivity contribution in [3.8, 4) is 0 Å². The van der Waals surface area contributed by atoms with Gasteiger partial charge in [-0.05, 0) is 39.7 Å². The summed E-state index contributed by atoms with van der Waals surface area (Å²) in [5.74, 6) is 0.709. The van der Waals surface area contributed by atoms with Gasteiger partial charge in [-0.3, -0.25) is 4.79 Å². The summed E-state index contributed by atoms with van der Waals surface area (Å²) in [5, 5.41) is 4.10. The van der Waals surface area contributed by atoms with Gasteiger partial charge in [0.05, 0.1) is 6.61 Å². The van der Waals surface area contributed by atoms with Crippen LogP contribution in [0.25, 0.3) is 0 Å². The second-order valence-electron chi connectivity index (χ2n) is 5.20. The molecule has 0 saturated heterocycles. The molecule has 0 spiro atoms. The van der Waals surface area contributed by atoms with Crippen LogP contribution in [0.4, 0.5) is 0 Å². The maximum atomic E-state index is 12.1. The Bertz CT molecular complexity index is 254. The lowest BCUT2D eigenvalue weighted by Gasteiger charge is -2.29. The largest absolute Gasteiger partial charge is 0.465 e. The smallest absolute Gasteiger partial charge is 0.326 e. The number of hydrogen-bond donors (Lipinski definition) is 1. The van der Waals surface area contributed by atoms with Crippen molar-refractivity contribution in [2.45, 2.75) is 63.7 Å². The Morgan fingerprint density at radius 3 is 2.61 bits per heavy atom. The maximum Gasteiger partial charge on any atom is 0.326 e. The maximum absolute atomic E-state index is 12.1. The lowest BCUT2D eigenvalue weighted by atomic mass is 10.1. The summed E-state index contributed by atoms with van der Waals surface area (Å²) in [5.41, 5.74) is -0.528. The first kappa shape index (κ1) is 15.8. The van der Waals surface area contributed by atoms with Gasteiger partial charge in [-0.25, -0.2) is 0 Å². The molecule has 0 radical (unpaired) electrons. The molecule has 0 amide bonds. The van der Waals surface area contributed by atoms with E-state index in [1.54, 1.807) is 0 Å². The molecular formula is C14H27NO2S. The van der Waals surface area contributed by atoms with E-state index in [1.807, 2.05) is 25.6 Å². The van der Waals surface area contributed by atoms with Crippen LogP contribution in [0.2, 0.25) is 0 Å². The van der Waals surface area contributed by atoms with E-state index in [9.17, 15) is 4.79 Å². The van der Waals surface area contributed by atoms with Crippen molar-refractivity contribution < 1.29 is 9.53 Å². The first-order valence-corrected chi connectivity index (χ1v) is 8.21. The van der Waals surface area contributed by atoms with Crippen LogP contribution in [-0.2, 0) is 9.53 Å². The summed E-state index contributed by atoms with van der Waals surface area (Å²) in [6.45, 7) is 7.27. The van der Waals surface area contributed by atoms with Crippen LogP contribution in [0, 0.1) is 0 Å². The third-order valence-electron chi connectivity index (χ3n) is 3.40. The van der Waals surface area contributed by atoms with Crippen molar-refractivity contribution in [3.63, 3.8) is 0 Å². The zero-order valence-corrected chi connectivity index (χ0v) is 12.8. The van der Waals surface area contributed by atoms with Gasteiger partial charge in [0.1, 0.15) is 5.54 Å². The average Bonchev–Trinajstić information content (AvgIpc) is 2.87. The van der Waals surface area contributed by atoms with Gasteiger partial charge in [-0.1, -0.05) is 19.8 Å². The summed E-state index contributed by atoms with van der Waals surface area (Å²) in [4.78, 5) is 12.1. The van der Waals surface area contributed by atoms with Crippen LogP contribution < -0.4 is 5.32 Å². The number of carbonyl (C=O) groups excluding carboxylic acids is 1. The summed E-state index contributed by atoms with van der Waals surface area (Å²) < 4.78 is 5.20. The standard InChI is InChI=1S/C14H27NO2S/c1-4-10-15-14(3,13(16)17-5-2)11-18-12-8-6-7-9-12/h12,15H,4-11H2,1-3H3. The van der Waals surface area contributed by atoms with E-state index in [2.05, 4.69) is 12.2 Å². The van der Waals surface area contributed by atoms with Crippen LogP contribution >= 0.6 is 11.8 Å². The third-order valence-corrected chi connectivity index (χ3v) is 5.09. The summed E-state index contributed by atoms with van der Waals surface area (Å²) >= 11 is 1.93. The molecule has 0 aromatic carbocycles. The SMILES string of the molecule is CCCNC(C)(CSC1CCCC1)C(=O)OCC. The lowest BCUT2D eigenvalue weighted by molar-refractivity contribution is -0.149. The Balaban J connectivity index is 2.49. The van der Waals surface area contributed by atoms with Crippen molar-refractivity contribution >= 4 is 17.7 Å². The minimum atomic E-state index is -0.528. The van der Waals surface area contributed by atoms with Gasteiger partial charge in [0.15, 0.2) is 0 Å². The Hall–Kier alpha value is -0.220. The van der Waals surface area contributed by atoms with E-state index in [1.165, 1.54) is 25.7 Å². The van der Waals surface area contributed by atoms with Gasteiger partial charge in [-0.15, -0.1) is 0 Å². The van der Waals surface area contributed by atoms with Crippen molar-refractivity contribution in [2.24, 2.45) is 0 Å². The highest BCUT2D eigenvalue weighted by Gasteiger charge is 2.35. The molecule has 18 heavy (non-hydrogen) atoms. The second kappa shape index (κ2) is 8.05. The Labute approximate surface area is 115 Å². The van der Waals surface area contributed by atoms with Gasteiger partial charge < -0.3 is 10.1 Å². The molecule has 106 valence electrons. The molecule has 4 heteroatoms. The fourth-order valence-electron chi connectivity index (χ4n) is 2.21. The highest BCUT2D eigenvalue weighted by atomic mass is 32.2. The molecule has 0 bridgehead atoms. The zero-order valence-electron chi connectivity index (χ0n) is 12.0. The monoisotopic (exact) mass is 273 g/mol. The summed E-state index contributed by atoms with van der Waals surface area (Å²) in [6, 6.07) is 0. The van der Waals surface area contributed by atoms with Crippen LogP contribution in [0.1, 0.15) is 52.9 Å². The van der Waals surface area contributed by atoms with Crippen LogP contribution in [0.3, 0.4) is 0 Å². The Morgan fingerprint density at radius 2 is 2.06 bits per heavy atom. The average molecular weight is 273 g/mol. The minimum absolute atomic E-state index is 0.107. The van der Waals surface area contributed by atoms with Crippen LogP contribution in [-0.4, -0.2) is 35.7 Å². The van der Waals surface area contributed by atoms with E-state index in [-0.39, 0.29) is 5.97 Å². The van der Waals surface area contributed by atoms with Crippen molar-refractivity contribution in [1.82, 2.24) is 5.32 Å². The summed E-state index contributed by atoms with van der Waals surface area (Å²) in [6.07, 6.45) is 6.32. The molecule has 1 atom stereocenters. The number of nitrogens with one attached hydrogen (secondary N) is 1. The van der Waals surface area contributed by atoms with Gasteiger partial charge >= 0.3 is 5.97 Å². The first-order valence-electron chi connectivity index (χ1n) is 7.16. The van der Waals surface area contributed by atoms with Crippen molar-refractivity contribution in [2.75, 3.05) is 18.9 Å². The van der Waals surface area contributed by atoms with Gasteiger partial charge in [0, 0.05) is 11.0 Å². The lowest BCUT2D eigenvalue weighted by Crippen LogP contribution is -2.53. The molecule has 1 rings (SSSR count). The number of hydrogen-bond acceptors (Lipinski definition) is 4. The molecule has 1 N–H and O–H groups in total. The number of thioether (sulfide) groups is 1. The fourth-order valence-corrected chi connectivity index (χ4v) is 3.67. The van der Waals surface area contributed by atoms with E-state index in [4.69, 9.17) is 4.74 Å².